The maximum atomic E-state index is 11.4. The lowest BCUT2D eigenvalue weighted by atomic mass is 10.1. The van der Waals surface area contributed by atoms with E-state index in [-0.39, 0.29) is 5.75 Å². The van der Waals surface area contributed by atoms with E-state index in [1.807, 2.05) is 33.8 Å². The summed E-state index contributed by atoms with van der Waals surface area (Å²) in [6, 6.07) is 5.29. The van der Waals surface area contributed by atoms with E-state index in [0.717, 1.165) is 11.1 Å². The molecule has 0 spiro atoms. The first-order chi connectivity index (χ1) is 7.78. The maximum absolute atomic E-state index is 11.4. The van der Waals surface area contributed by atoms with Gasteiger partial charge in [-0.1, -0.05) is 12.1 Å². The fraction of sp³-hybridized carbons (Fsp3) is 0.462. The number of phenolic OH excluding ortho intramolecular Hbond substituents is 1. The minimum atomic E-state index is -0.500. The number of amides is 1. The molecule has 1 amide bonds. The average Bonchev–Trinajstić information content (AvgIpc) is 2.17. The van der Waals surface area contributed by atoms with Crippen LogP contribution in [-0.4, -0.2) is 16.8 Å². The van der Waals surface area contributed by atoms with Gasteiger partial charge in [-0.25, -0.2) is 4.79 Å². The number of hydrogen-bond donors (Lipinski definition) is 2. The zero-order valence-electron chi connectivity index (χ0n) is 10.7. The summed E-state index contributed by atoms with van der Waals surface area (Å²) in [5.74, 6) is 0.230. The lowest BCUT2D eigenvalue weighted by molar-refractivity contribution is 0.0523. The molecule has 0 aromatic heterocycles. The minimum Gasteiger partial charge on any atom is -0.508 e. The topological polar surface area (TPSA) is 58.6 Å². The molecule has 4 heteroatoms. The molecule has 0 aliphatic rings. The number of alkyl carbamates (subject to hydrolysis) is 1. The normalized spacial score (nSPS) is 11.1. The molecule has 0 radical (unpaired) electrons. The number of ether oxygens (including phenoxy) is 1. The predicted octanol–water partition coefficient (Wildman–Crippen LogP) is 2.73. The molecule has 1 rings (SSSR count). The fourth-order valence-corrected chi connectivity index (χ4v) is 1.25. The molecule has 0 unspecified atom stereocenters. The Balaban J connectivity index is 2.50. The summed E-state index contributed by atoms with van der Waals surface area (Å²) in [4.78, 5) is 11.4. The summed E-state index contributed by atoms with van der Waals surface area (Å²) in [5.41, 5.74) is 1.14. The Labute approximate surface area is 102 Å². The van der Waals surface area contributed by atoms with E-state index < -0.39 is 11.7 Å². The molecule has 0 fully saturated rings. The molecule has 0 aliphatic carbocycles. The van der Waals surface area contributed by atoms with Crippen molar-refractivity contribution in [2.75, 3.05) is 0 Å². The molecule has 17 heavy (non-hydrogen) atoms. The number of nitrogens with one attached hydrogen (secondary N) is 1. The van der Waals surface area contributed by atoms with E-state index >= 15 is 0 Å². The Morgan fingerprint density at radius 3 is 2.59 bits per heavy atom. The first-order valence-electron chi connectivity index (χ1n) is 5.53. The van der Waals surface area contributed by atoms with E-state index in [1.165, 1.54) is 0 Å². The van der Waals surface area contributed by atoms with Gasteiger partial charge < -0.3 is 15.2 Å². The van der Waals surface area contributed by atoms with Gasteiger partial charge in [0.1, 0.15) is 11.4 Å². The number of benzene rings is 1. The van der Waals surface area contributed by atoms with Gasteiger partial charge in [-0.05, 0) is 44.9 Å². The largest absolute Gasteiger partial charge is 0.508 e. The molecule has 94 valence electrons. The Kier molecular flexibility index (Phi) is 3.99. The third-order valence-electron chi connectivity index (χ3n) is 2.11. The number of carbonyl (C=O) groups is 1. The second-order valence-electron chi connectivity index (χ2n) is 4.98. The van der Waals surface area contributed by atoms with Gasteiger partial charge in [0.2, 0.25) is 0 Å². The Bertz CT molecular complexity index is 408. The molecular weight excluding hydrogens is 218 g/mol. The SMILES string of the molecule is Cc1ccc(CNC(=O)OC(C)(C)C)cc1O. The maximum Gasteiger partial charge on any atom is 0.407 e. The minimum absolute atomic E-state index is 0.230. The van der Waals surface area contributed by atoms with E-state index in [9.17, 15) is 9.90 Å². The quantitative estimate of drug-likeness (QED) is 0.831. The van der Waals surface area contributed by atoms with Crippen LogP contribution < -0.4 is 5.32 Å². The van der Waals surface area contributed by atoms with Gasteiger partial charge in [-0.15, -0.1) is 0 Å². The Morgan fingerprint density at radius 2 is 2.06 bits per heavy atom. The first-order valence-corrected chi connectivity index (χ1v) is 5.53. The predicted molar refractivity (Wildman–Crippen MR) is 65.9 cm³/mol. The van der Waals surface area contributed by atoms with Crippen molar-refractivity contribution in [2.45, 2.75) is 39.8 Å². The Morgan fingerprint density at radius 1 is 1.41 bits per heavy atom. The van der Waals surface area contributed by atoms with Gasteiger partial charge >= 0.3 is 6.09 Å². The lowest BCUT2D eigenvalue weighted by Gasteiger charge is -2.19. The number of aromatic hydroxyl groups is 1. The van der Waals surface area contributed by atoms with Crippen molar-refractivity contribution in [3.05, 3.63) is 29.3 Å². The average molecular weight is 237 g/mol. The summed E-state index contributed by atoms with van der Waals surface area (Å²) in [5, 5.41) is 12.1. The molecule has 0 heterocycles. The van der Waals surface area contributed by atoms with Crippen molar-refractivity contribution in [1.29, 1.82) is 0 Å². The zero-order valence-corrected chi connectivity index (χ0v) is 10.7. The number of aryl methyl sites for hydroxylation is 1. The van der Waals surface area contributed by atoms with Crippen LogP contribution in [0.4, 0.5) is 4.79 Å². The van der Waals surface area contributed by atoms with E-state index in [0.29, 0.717) is 6.54 Å². The van der Waals surface area contributed by atoms with Crippen LogP contribution in [0.5, 0.6) is 5.75 Å². The van der Waals surface area contributed by atoms with E-state index in [2.05, 4.69) is 5.32 Å². The van der Waals surface area contributed by atoms with Crippen LogP contribution in [0.2, 0.25) is 0 Å². The van der Waals surface area contributed by atoms with Crippen molar-refractivity contribution >= 4 is 6.09 Å². The second kappa shape index (κ2) is 5.08. The standard InChI is InChI=1S/C13H19NO3/c1-9-5-6-10(7-11(9)15)8-14-12(16)17-13(2,3)4/h5-7,15H,8H2,1-4H3,(H,14,16). The molecule has 0 saturated heterocycles. The van der Waals surface area contributed by atoms with Crippen LogP contribution in [-0.2, 0) is 11.3 Å². The molecule has 0 bridgehead atoms. The fourth-order valence-electron chi connectivity index (χ4n) is 1.25. The van der Waals surface area contributed by atoms with Crippen molar-refractivity contribution < 1.29 is 14.6 Å². The van der Waals surface area contributed by atoms with Crippen molar-refractivity contribution in [3.8, 4) is 5.75 Å². The molecule has 1 aromatic carbocycles. The third kappa shape index (κ3) is 4.76. The molecule has 0 atom stereocenters. The summed E-state index contributed by atoms with van der Waals surface area (Å²) in [6.07, 6.45) is -0.461. The highest BCUT2D eigenvalue weighted by Gasteiger charge is 2.15. The summed E-state index contributed by atoms with van der Waals surface area (Å²) >= 11 is 0. The molecule has 0 saturated carbocycles. The summed E-state index contributed by atoms with van der Waals surface area (Å²) < 4.78 is 5.10. The number of carbonyl (C=O) groups excluding carboxylic acids is 1. The third-order valence-corrected chi connectivity index (χ3v) is 2.11. The van der Waals surface area contributed by atoms with Crippen LogP contribution in [0.25, 0.3) is 0 Å². The Hall–Kier alpha value is -1.71. The van der Waals surface area contributed by atoms with Crippen molar-refractivity contribution in [1.82, 2.24) is 5.32 Å². The van der Waals surface area contributed by atoms with Crippen LogP contribution in [0.1, 0.15) is 31.9 Å². The van der Waals surface area contributed by atoms with Crippen molar-refractivity contribution in [3.63, 3.8) is 0 Å². The van der Waals surface area contributed by atoms with Gasteiger partial charge in [0.05, 0.1) is 0 Å². The molecule has 1 aromatic rings. The summed E-state index contributed by atoms with van der Waals surface area (Å²) in [6.45, 7) is 7.59. The number of phenols is 1. The monoisotopic (exact) mass is 237 g/mol. The van der Waals surface area contributed by atoms with Gasteiger partial charge in [-0.3, -0.25) is 0 Å². The van der Waals surface area contributed by atoms with Gasteiger partial charge in [-0.2, -0.15) is 0 Å². The van der Waals surface area contributed by atoms with E-state index in [1.54, 1.807) is 12.1 Å². The van der Waals surface area contributed by atoms with Crippen LogP contribution in [0, 0.1) is 6.92 Å². The molecular formula is C13H19NO3. The van der Waals surface area contributed by atoms with Gasteiger partial charge in [0.15, 0.2) is 0 Å². The van der Waals surface area contributed by atoms with Gasteiger partial charge in [0.25, 0.3) is 0 Å². The van der Waals surface area contributed by atoms with Crippen LogP contribution in [0.15, 0.2) is 18.2 Å². The second-order valence-corrected chi connectivity index (χ2v) is 4.98. The highest BCUT2D eigenvalue weighted by molar-refractivity contribution is 5.67. The molecule has 4 nitrogen and oxygen atoms in total. The number of rotatable bonds is 2. The zero-order chi connectivity index (χ0) is 13.1. The smallest absolute Gasteiger partial charge is 0.407 e. The van der Waals surface area contributed by atoms with Crippen LogP contribution in [0.3, 0.4) is 0 Å². The lowest BCUT2D eigenvalue weighted by Crippen LogP contribution is -2.32. The first kappa shape index (κ1) is 13.4. The highest BCUT2D eigenvalue weighted by Crippen LogP contribution is 2.17. The highest BCUT2D eigenvalue weighted by atomic mass is 16.6. The van der Waals surface area contributed by atoms with E-state index in [4.69, 9.17) is 4.74 Å². The molecule has 0 aliphatic heterocycles. The summed E-state index contributed by atoms with van der Waals surface area (Å²) in [7, 11) is 0. The number of hydrogen-bond acceptors (Lipinski definition) is 3. The molecule has 2 N–H and O–H groups in total. The van der Waals surface area contributed by atoms with Gasteiger partial charge in [0, 0.05) is 6.54 Å². The van der Waals surface area contributed by atoms with Crippen LogP contribution >= 0.6 is 0 Å². The van der Waals surface area contributed by atoms with Crippen molar-refractivity contribution in [2.24, 2.45) is 0 Å².